The molecule has 1 aliphatic rings. The van der Waals surface area contributed by atoms with Crippen molar-refractivity contribution in [2.75, 3.05) is 0 Å². The van der Waals surface area contributed by atoms with Gasteiger partial charge in [0.2, 0.25) is 0 Å². The first-order valence-corrected chi connectivity index (χ1v) is 7.47. The second-order valence-electron chi connectivity index (χ2n) is 5.01. The van der Waals surface area contributed by atoms with Gasteiger partial charge in [0.15, 0.2) is 0 Å². The number of halogens is 1. The van der Waals surface area contributed by atoms with Gasteiger partial charge in [-0.2, -0.15) is 0 Å². The van der Waals surface area contributed by atoms with Crippen molar-refractivity contribution in [3.63, 3.8) is 0 Å². The molecule has 3 rings (SSSR count). The van der Waals surface area contributed by atoms with E-state index in [0.717, 1.165) is 21.6 Å². The molecule has 1 aromatic heterocycles. The SMILES string of the molecule is Cc1oc2ccc(F)cc2c1SC1CCCCC1. The lowest BCUT2D eigenvalue weighted by molar-refractivity contribution is 0.515. The van der Waals surface area contributed by atoms with Crippen LogP contribution < -0.4 is 0 Å². The minimum absolute atomic E-state index is 0.186. The van der Waals surface area contributed by atoms with Gasteiger partial charge in [0.05, 0.1) is 4.90 Å². The van der Waals surface area contributed by atoms with Crippen molar-refractivity contribution in [1.29, 1.82) is 0 Å². The van der Waals surface area contributed by atoms with Crippen LogP contribution in [0.1, 0.15) is 37.9 Å². The number of aryl methyl sites for hydroxylation is 1. The molecule has 1 heterocycles. The Bertz CT molecular complexity index is 555. The van der Waals surface area contributed by atoms with Crippen LogP contribution in [0.2, 0.25) is 0 Å². The van der Waals surface area contributed by atoms with E-state index in [2.05, 4.69) is 0 Å². The quantitative estimate of drug-likeness (QED) is 0.729. The Labute approximate surface area is 111 Å². The van der Waals surface area contributed by atoms with Crippen molar-refractivity contribution < 1.29 is 8.81 Å². The summed E-state index contributed by atoms with van der Waals surface area (Å²) in [6.07, 6.45) is 6.54. The molecule has 96 valence electrons. The maximum absolute atomic E-state index is 13.4. The Balaban J connectivity index is 1.94. The second kappa shape index (κ2) is 4.96. The fraction of sp³-hybridized carbons (Fsp3) is 0.467. The van der Waals surface area contributed by atoms with E-state index in [1.807, 2.05) is 18.7 Å². The summed E-state index contributed by atoms with van der Waals surface area (Å²) in [6, 6.07) is 4.78. The molecule has 0 saturated heterocycles. The van der Waals surface area contributed by atoms with E-state index >= 15 is 0 Å². The highest BCUT2D eigenvalue weighted by atomic mass is 32.2. The van der Waals surface area contributed by atoms with E-state index in [-0.39, 0.29) is 5.82 Å². The summed E-state index contributed by atoms with van der Waals surface area (Å²) in [7, 11) is 0. The van der Waals surface area contributed by atoms with Gasteiger partial charge in [-0.1, -0.05) is 19.3 Å². The average Bonchev–Trinajstić information content (AvgIpc) is 2.67. The van der Waals surface area contributed by atoms with E-state index in [9.17, 15) is 4.39 Å². The molecule has 0 atom stereocenters. The fourth-order valence-electron chi connectivity index (χ4n) is 2.67. The van der Waals surface area contributed by atoms with Crippen molar-refractivity contribution in [2.24, 2.45) is 0 Å². The minimum atomic E-state index is -0.186. The number of rotatable bonds is 2. The van der Waals surface area contributed by atoms with Crippen LogP contribution in [0.5, 0.6) is 0 Å². The zero-order chi connectivity index (χ0) is 12.5. The molecule has 1 aliphatic carbocycles. The standard InChI is InChI=1S/C15H17FOS/c1-10-15(18-12-5-3-2-4-6-12)13-9-11(16)7-8-14(13)17-10/h7-9,12H,2-6H2,1H3. The molecule has 0 aliphatic heterocycles. The van der Waals surface area contributed by atoms with Crippen LogP contribution in [-0.4, -0.2) is 5.25 Å². The van der Waals surface area contributed by atoms with Crippen LogP contribution in [0.25, 0.3) is 11.0 Å². The molecule has 1 aromatic carbocycles. The summed E-state index contributed by atoms with van der Waals surface area (Å²) in [4.78, 5) is 1.14. The third kappa shape index (κ3) is 2.28. The van der Waals surface area contributed by atoms with E-state index in [1.54, 1.807) is 12.1 Å². The molecular weight excluding hydrogens is 247 g/mol. The topological polar surface area (TPSA) is 13.1 Å². The van der Waals surface area contributed by atoms with Crippen LogP contribution in [-0.2, 0) is 0 Å². The molecule has 0 radical (unpaired) electrons. The van der Waals surface area contributed by atoms with E-state index < -0.39 is 0 Å². The molecule has 1 fully saturated rings. The van der Waals surface area contributed by atoms with Gasteiger partial charge in [0, 0.05) is 10.6 Å². The summed E-state index contributed by atoms with van der Waals surface area (Å²) in [6.45, 7) is 1.98. The lowest BCUT2D eigenvalue weighted by atomic mass is 10.0. The number of benzene rings is 1. The van der Waals surface area contributed by atoms with Crippen LogP contribution in [0.4, 0.5) is 4.39 Å². The van der Waals surface area contributed by atoms with Crippen molar-refractivity contribution in [3.05, 3.63) is 29.8 Å². The highest BCUT2D eigenvalue weighted by Gasteiger charge is 2.19. The zero-order valence-corrected chi connectivity index (χ0v) is 11.4. The third-order valence-electron chi connectivity index (χ3n) is 3.61. The number of thioether (sulfide) groups is 1. The van der Waals surface area contributed by atoms with Gasteiger partial charge in [0.25, 0.3) is 0 Å². The lowest BCUT2D eigenvalue weighted by Crippen LogP contribution is -2.07. The van der Waals surface area contributed by atoms with Gasteiger partial charge in [-0.15, -0.1) is 11.8 Å². The smallest absolute Gasteiger partial charge is 0.135 e. The van der Waals surface area contributed by atoms with Crippen molar-refractivity contribution in [1.82, 2.24) is 0 Å². The van der Waals surface area contributed by atoms with E-state index in [4.69, 9.17) is 4.42 Å². The Kier molecular flexibility index (Phi) is 3.33. The monoisotopic (exact) mass is 264 g/mol. The zero-order valence-electron chi connectivity index (χ0n) is 10.5. The van der Waals surface area contributed by atoms with Crippen molar-refractivity contribution in [2.45, 2.75) is 49.2 Å². The van der Waals surface area contributed by atoms with Crippen molar-refractivity contribution in [3.8, 4) is 0 Å². The highest BCUT2D eigenvalue weighted by Crippen LogP contribution is 2.40. The van der Waals surface area contributed by atoms with Gasteiger partial charge >= 0.3 is 0 Å². The first kappa shape index (κ1) is 12.1. The maximum atomic E-state index is 13.4. The summed E-state index contributed by atoms with van der Waals surface area (Å²) in [5.74, 6) is 0.736. The summed E-state index contributed by atoms with van der Waals surface area (Å²) in [5.41, 5.74) is 0.798. The van der Waals surface area contributed by atoms with Gasteiger partial charge in [-0.25, -0.2) is 4.39 Å². The van der Waals surface area contributed by atoms with Crippen LogP contribution in [0, 0.1) is 12.7 Å². The first-order chi connectivity index (χ1) is 8.74. The fourth-order valence-corrected chi connectivity index (χ4v) is 4.06. The van der Waals surface area contributed by atoms with Crippen LogP contribution >= 0.6 is 11.8 Å². The van der Waals surface area contributed by atoms with Gasteiger partial charge in [-0.3, -0.25) is 0 Å². The highest BCUT2D eigenvalue weighted by molar-refractivity contribution is 8.00. The van der Waals surface area contributed by atoms with Gasteiger partial charge < -0.3 is 4.42 Å². The Morgan fingerprint density at radius 2 is 2.00 bits per heavy atom. The van der Waals surface area contributed by atoms with Gasteiger partial charge in [0.1, 0.15) is 17.2 Å². The van der Waals surface area contributed by atoms with Crippen molar-refractivity contribution >= 4 is 22.7 Å². The molecule has 0 N–H and O–H groups in total. The second-order valence-corrected chi connectivity index (χ2v) is 6.32. The molecular formula is C15H17FOS. The largest absolute Gasteiger partial charge is 0.460 e. The summed E-state index contributed by atoms with van der Waals surface area (Å²) < 4.78 is 19.1. The molecule has 0 bridgehead atoms. The number of fused-ring (bicyclic) bond motifs is 1. The Morgan fingerprint density at radius 3 is 2.78 bits per heavy atom. The normalized spacial score (nSPS) is 17.4. The number of furan rings is 1. The van der Waals surface area contributed by atoms with E-state index in [1.165, 1.54) is 38.2 Å². The molecule has 0 spiro atoms. The summed E-state index contributed by atoms with van der Waals surface area (Å²) >= 11 is 1.88. The predicted molar refractivity (Wildman–Crippen MR) is 73.6 cm³/mol. The molecule has 18 heavy (non-hydrogen) atoms. The maximum Gasteiger partial charge on any atom is 0.135 e. The molecule has 3 heteroatoms. The van der Waals surface area contributed by atoms with Crippen LogP contribution in [0.3, 0.4) is 0 Å². The number of hydrogen-bond donors (Lipinski definition) is 0. The average molecular weight is 264 g/mol. The first-order valence-electron chi connectivity index (χ1n) is 6.59. The Hall–Kier alpha value is -0.960. The Morgan fingerprint density at radius 1 is 1.22 bits per heavy atom. The number of hydrogen-bond acceptors (Lipinski definition) is 2. The van der Waals surface area contributed by atoms with E-state index in [0.29, 0.717) is 5.25 Å². The summed E-state index contributed by atoms with van der Waals surface area (Å²) in [5, 5.41) is 1.60. The molecule has 1 nitrogen and oxygen atoms in total. The molecule has 0 unspecified atom stereocenters. The lowest BCUT2D eigenvalue weighted by Gasteiger charge is -2.20. The van der Waals surface area contributed by atoms with Crippen LogP contribution in [0.15, 0.2) is 27.5 Å². The minimum Gasteiger partial charge on any atom is -0.460 e. The molecule has 2 aromatic rings. The van der Waals surface area contributed by atoms with Gasteiger partial charge in [-0.05, 0) is 38.0 Å². The molecule has 0 amide bonds. The molecule has 1 saturated carbocycles. The third-order valence-corrected chi connectivity index (χ3v) is 5.15. The predicted octanol–water partition coefficient (Wildman–Crippen LogP) is 5.31.